The zero-order valence-corrected chi connectivity index (χ0v) is 13.9. The van der Waals surface area contributed by atoms with Crippen LogP contribution in [0.2, 0.25) is 0 Å². The van der Waals surface area contributed by atoms with Crippen molar-refractivity contribution in [1.82, 2.24) is 0 Å². The van der Waals surface area contributed by atoms with Crippen molar-refractivity contribution < 1.29 is 23.8 Å². The van der Waals surface area contributed by atoms with E-state index in [1.807, 2.05) is 19.1 Å². The molecule has 1 aliphatic rings. The van der Waals surface area contributed by atoms with Gasteiger partial charge >= 0.3 is 5.97 Å². The van der Waals surface area contributed by atoms with Gasteiger partial charge in [-0.2, -0.15) is 0 Å². The van der Waals surface area contributed by atoms with Gasteiger partial charge < -0.3 is 19.0 Å². The van der Waals surface area contributed by atoms with Crippen LogP contribution in [0.15, 0.2) is 57.9 Å². The van der Waals surface area contributed by atoms with E-state index in [9.17, 15) is 4.79 Å². The molecular formula is C20H15NO5. The second-order valence-corrected chi connectivity index (χ2v) is 5.83. The summed E-state index contributed by atoms with van der Waals surface area (Å²) >= 11 is 0. The summed E-state index contributed by atoms with van der Waals surface area (Å²) in [5.41, 5.74) is 2.62. The standard InChI is InChI=1S/C20H15NO5/c1-12-2-3-13(20(22)23)8-16(12)17-7-5-15(26-17)10-21-14-4-6-18-19(9-14)25-11-24-18/h2-10H,11H2,1H3,(H,22,23). The van der Waals surface area contributed by atoms with Gasteiger partial charge in [0.1, 0.15) is 11.5 Å². The molecule has 4 rings (SSSR count). The van der Waals surface area contributed by atoms with Gasteiger partial charge in [0.05, 0.1) is 17.5 Å². The van der Waals surface area contributed by atoms with E-state index in [2.05, 4.69) is 4.99 Å². The highest BCUT2D eigenvalue weighted by atomic mass is 16.7. The molecule has 0 atom stereocenters. The predicted molar refractivity (Wildman–Crippen MR) is 95.7 cm³/mol. The molecule has 0 saturated carbocycles. The van der Waals surface area contributed by atoms with Crippen molar-refractivity contribution in [2.75, 3.05) is 6.79 Å². The molecule has 130 valence electrons. The van der Waals surface area contributed by atoms with Crippen LogP contribution in [-0.4, -0.2) is 24.1 Å². The van der Waals surface area contributed by atoms with Gasteiger partial charge in [0.15, 0.2) is 11.5 Å². The summed E-state index contributed by atoms with van der Waals surface area (Å²) in [5, 5.41) is 9.16. The summed E-state index contributed by atoms with van der Waals surface area (Å²) in [7, 11) is 0. The van der Waals surface area contributed by atoms with Gasteiger partial charge in [-0.3, -0.25) is 4.99 Å². The van der Waals surface area contributed by atoms with Crippen molar-refractivity contribution in [3.05, 3.63) is 65.4 Å². The molecule has 6 nitrogen and oxygen atoms in total. The molecule has 0 bridgehead atoms. The molecule has 0 amide bonds. The van der Waals surface area contributed by atoms with Crippen LogP contribution in [0.4, 0.5) is 5.69 Å². The molecule has 0 radical (unpaired) electrons. The zero-order valence-electron chi connectivity index (χ0n) is 13.9. The number of rotatable bonds is 4. The van der Waals surface area contributed by atoms with Crippen molar-refractivity contribution >= 4 is 17.9 Å². The molecule has 6 heteroatoms. The smallest absolute Gasteiger partial charge is 0.335 e. The lowest BCUT2D eigenvalue weighted by atomic mass is 10.0. The highest BCUT2D eigenvalue weighted by Crippen LogP contribution is 2.35. The Kier molecular flexibility index (Phi) is 3.93. The van der Waals surface area contributed by atoms with E-state index in [1.54, 1.807) is 42.6 Å². The molecule has 3 aromatic rings. The molecule has 26 heavy (non-hydrogen) atoms. The summed E-state index contributed by atoms with van der Waals surface area (Å²) in [4.78, 5) is 15.6. The molecule has 0 fully saturated rings. The number of aliphatic imine (C=N–C) groups is 1. The van der Waals surface area contributed by atoms with Crippen LogP contribution >= 0.6 is 0 Å². The molecular weight excluding hydrogens is 334 g/mol. The van der Waals surface area contributed by atoms with Gasteiger partial charge in [-0.1, -0.05) is 6.07 Å². The average molecular weight is 349 g/mol. The van der Waals surface area contributed by atoms with Crippen LogP contribution in [0.25, 0.3) is 11.3 Å². The fourth-order valence-electron chi connectivity index (χ4n) is 2.69. The number of nitrogens with zero attached hydrogens (tertiary/aromatic N) is 1. The Bertz CT molecular complexity index is 1020. The van der Waals surface area contributed by atoms with Gasteiger partial charge in [-0.25, -0.2) is 4.79 Å². The summed E-state index contributed by atoms with van der Waals surface area (Å²) in [6.07, 6.45) is 1.61. The second-order valence-electron chi connectivity index (χ2n) is 5.83. The van der Waals surface area contributed by atoms with E-state index in [1.165, 1.54) is 0 Å². The first-order chi connectivity index (χ1) is 12.6. The molecule has 0 saturated heterocycles. The van der Waals surface area contributed by atoms with Gasteiger partial charge in [0.25, 0.3) is 0 Å². The number of ether oxygens (including phenoxy) is 2. The number of carbonyl (C=O) groups is 1. The second kappa shape index (κ2) is 6.40. The largest absolute Gasteiger partial charge is 0.478 e. The van der Waals surface area contributed by atoms with E-state index >= 15 is 0 Å². The monoisotopic (exact) mass is 349 g/mol. The first-order valence-electron chi connectivity index (χ1n) is 7.98. The third-order valence-corrected chi connectivity index (χ3v) is 4.07. The molecule has 0 unspecified atom stereocenters. The fourth-order valence-corrected chi connectivity index (χ4v) is 2.69. The van der Waals surface area contributed by atoms with E-state index in [4.69, 9.17) is 19.0 Å². The van der Waals surface area contributed by atoms with E-state index in [-0.39, 0.29) is 12.4 Å². The van der Waals surface area contributed by atoms with E-state index < -0.39 is 5.97 Å². The Labute approximate surface area is 149 Å². The Hall–Kier alpha value is -3.54. The van der Waals surface area contributed by atoms with Crippen LogP contribution in [0, 0.1) is 6.92 Å². The normalized spacial score (nSPS) is 12.7. The quantitative estimate of drug-likeness (QED) is 0.705. The minimum atomic E-state index is -0.970. The molecule has 1 N–H and O–H groups in total. The van der Waals surface area contributed by atoms with Crippen molar-refractivity contribution in [3.63, 3.8) is 0 Å². The van der Waals surface area contributed by atoms with Crippen molar-refractivity contribution in [2.24, 2.45) is 4.99 Å². The number of carboxylic acid groups (broad SMARTS) is 1. The summed E-state index contributed by atoms with van der Waals surface area (Å²) in [6.45, 7) is 2.13. The van der Waals surface area contributed by atoms with E-state index in [0.29, 0.717) is 23.0 Å². The number of benzene rings is 2. The number of carboxylic acids is 1. The minimum Gasteiger partial charge on any atom is -0.478 e. The van der Waals surface area contributed by atoms with Gasteiger partial charge in [-0.15, -0.1) is 0 Å². The predicted octanol–water partition coefficient (Wildman–Crippen LogP) is 4.43. The highest BCUT2D eigenvalue weighted by molar-refractivity contribution is 5.89. The van der Waals surface area contributed by atoms with Crippen molar-refractivity contribution in [1.29, 1.82) is 0 Å². The first-order valence-corrected chi connectivity index (χ1v) is 7.98. The minimum absolute atomic E-state index is 0.220. The van der Waals surface area contributed by atoms with Crippen molar-refractivity contribution in [2.45, 2.75) is 6.92 Å². The molecule has 2 heterocycles. The summed E-state index contributed by atoms with van der Waals surface area (Å²) in [6, 6.07) is 14.0. The number of hydrogen-bond acceptors (Lipinski definition) is 5. The highest BCUT2D eigenvalue weighted by Gasteiger charge is 2.13. The first kappa shape index (κ1) is 16.0. The Balaban J connectivity index is 1.59. The lowest BCUT2D eigenvalue weighted by molar-refractivity contribution is 0.0697. The maximum atomic E-state index is 11.2. The fraction of sp³-hybridized carbons (Fsp3) is 0.100. The zero-order chi connectivity index (χ0) is 18.1. The number of furan rings is 1. The van der Waals surface area contributed by atoms with E-state index in [0.717, 1.165) is 16.8 Å². The number of fused-ring (bicyclic) bond motifs is 1. The van der Waals surface area contributed by atoms with Crippen LogP contribution in [0.1, 0.15) is 21.7 Å². The van der Waals surface area contributed by atoms with Crippen molar-refractivity contribution in [3.8, 4) is 22.8 Å². The van der Waals surface area contributed by atoms with Crippen LogP contribution < -0.4 is 9.47 Å². The van der Waals surface area contributed by atoms with Gasteiger partial charge in [0.2, 0.25) is 6.79 Å². The summed E-state index contributed by atoms with van der Waals surface area (Å²) in [5.74, 6) is 1.57. The SMILES string of the molecule is Cc1ccc(C(=O)O)cc1-c1ccc(C=Nc2ccc3c(c2)OCO3)o1. The summed E-state index contributed by atoms with van der Waals surface area (Å²) < 4.78 is 16.4. The third-order valence-electron chi connectivity index (χ3n) is 4.07. The Morgan fingerprint density at radius 2 is 1.92 bits per heavy atom. The molecule has 0 spiro atoms. The molecule has 1 aromatic heterocycles. The average Bonchev–Trinajstić information content (AvgIpc) is 3.29. The Morgan fingerprint density at radius 1 is 1.08 bits per heavy atom. The number of aryl methyl sites for hydroxylation is 1. The Morgan fingerprint density at radius 3 is 2.77 bits per heavy atom. The lowest BCUT2D eigenvalue weighted by Gasteiger charge is -2.04. The maximum Gasteiger partial charge on any atom is 0.335 e. The molecule has 0 aliphatic carbocycles. The van der Waals surface area contributed by atoms with Gasteiger partial charge in [0, 0.05) is 11.6 Å². The molecule has 2 aromatic carbocycles. The number of hydrogen-bond donors (Lipinski definition) is 1. The van der Waals surface area contributed by atoms with Gasteiger partial charge in [-0.05, 0) is 48.9 Å². The van der Waals surface area contributed by atoms with Crippen LogP contribution in [0.5, 0.6) is 11.5 Å². The topological polar surface area (TPSA) is 81.3 Å². The third kappa shape index (κ3) is 3.04. The maximum absolute atomic E-state index is 11.2. The number of aromatic carboxylic acids is 1. The lowest BCUT2D eigenvalue weighted by Crippen LogP contribution is -1.96. The van der Waals surface area contributed by atoms with Crippen LogP contribution in [0.3, 0.4) is 0 Å². The van der Waals surface area contributed by atoms with Crippen LogP contribution in [-0.2, 0) is 0 Å². The molecule has 1 aliphatic heterocycles.